The monoisotopic (exact) mass is 251 g/mol. The zero-order valence-electron chi connectivity index (χ0n) is 10.8. The lowest BCUT2D eigenvalue weighted by atomic mass is 9.95. The molecular weight excluding hydrogens is 230 g/mol. The highest BCUT2D eigenvalue weighted by atomic mass is 16.4. The standard InChI is InChI=1S/C14H21NO3/c1-3-4-5-6-7-15-13(16)11-8-10(2)9-12(11)14(17)18/h1,10-12H,4-9H2,2H3,(H,15,16)(H,17,18)/t10?,11-,12+/m0/s1. The number of hydrogen-bond donors (Lipinski definition) is 2. The van der Waals surface area contributed by atoms with E-state index in [9.17, 15) is 9.59 Å². The van der Waals surface area contributed by atoms with E-state index in [2.05, 4.69) is 11.2 Å². The summed E-state index contributed by atoms with van der Waals surface area (Å²) in [4.78, 5) is 23.0. The first-order chi connectivity index (χ1) is 8.56. The molecule has 0 bridgehead atoms. The molecule has 18 heavy (non-hydrogen) atoms. The van der Waals surface area contributed by atoms with Gasteiger partial charge in [-0.25, -0.2) is 0 Å². The van der Waals surface area contributed by atoms with Crippen molar-refractivity contribution < 1.29 is 14.7 Å². The molecule has 0 radical (unpaired) electrons. The summed E-state index contributed by atoms with van der Waals surface area (Å²) in [5.74, 6) is 0.991. The summed E-state index contributed by atoms with van der Waals surface area (Å²) in [6.07, 6.45) is 8.86. The van der Waals surface area contributed by atoms with Crippen molar-refractivity contribution in [3.63, 3.8) is 0 Å². The predicted molar refractivity (Wildman–Crippen MR) is 68.7 cm³/mol. The minimum absolute atomic E-state index is 0.118. The third-order valence-corrected chi connectivity index (χ3v) is 3.50. The number of carboxylic acid groups (broad SMARTS) is 1. The number of amides is 1. The predicted octanol–water partition coefficient (Wildman–Crippen LogP) is 1.65. The Morgan fingerprint density at radius 1 is 1.33 bits per heavy atom. The molecule has 1 aliphatic rings. The van der Waals surface area contributed by atoms with Crippen molar-refractivity contribution in [1.82, 2.24) is 5.32 Å². The second kappa shape index (κ2) is 7.05. The quantitative estimate of drug-likeness (QED) is 0.557. The Labute approximate surface area is 108 Å². The van der Waals surface area contributed by atoms with E-state index in [1.54, 1.807) is 0 Å². The summed E-state index contributed by atoms with van der Waals surface area (Å²) in [6.45, 7) is 2.58. The lowest BCUT2D eigenvalue weighted by Crippen LogP contribution is -2.35. The molecule has 1 rings (SSSR count). The van der Waals surface area contributed by atoms with Crippen molar-refractivity contribution in [2.45, 2.75) is 39.0 Å². The van der Waals surface area contributed by atoms with Gasteiger partial charge in [0.15, 0.2) is 0 Å². The molecule has 1 aliphatic carbocycles. The molecular formula is C14H21NO3. The van der Waals surface area contributed by atoms with Crippen LogP contribution in [0.25, 0.3) is 0 Å². The fourth-order valence-electron chi connectivity index (χ4n) is 2.55. The Balaban J connectivity index is 2.36. The third kappa shape index (κ3) is 4.06. The van der Waals surface area contributed by atoms with Crippen LogP contribution in [0.3, 0.4) is 0 Å². The SMILES string of the molecule is C#CCCCCNC(=O)[C@H]1CC(C)C[C@H]1C(=O)O. The van der Waals surface area contributed by atoms with Gasteiger partial charge in [0.05, 0.1) is 11.8 Å². The van der Waals surface area contributed by atoms with E-state index in [1.807, 2.05) is 6.92 Å². The van der Waals surface area contributed by atoms with Crippen LogP contribution in [0.1, 0.15) is 39.0 Å². The van der Waals surface area contributed by atoms with E-state index in [0.717, 1.165) is 12.8 Å². The minimum Gasteiger partial charge on any atom is -0.481 e. The second-order valence-electron chi connectivity index (χ2n) is 5.08. The fourth-order valence-corrected chi connectivity index (χ4v) is 2.55. The highest BCUT2D eigenvalue weighted by molar-refractivity contribution is 5.85. The average molecular weight is 251 g/mol. The Morgan fingerprint density at radius 2 is 2.00 bits per heavy atom. The third-order valence-electron chi connectivity index (χ3n) is 3.50. The first-order valence-electron chi connectivity index (χ1n) is 6.50. The van der Waals surface area contributed by atoms with Crippen molar-refractivity contribution in [3.8, 4) is 12.3 Å². The summed E-state index contributed by atoms with van der Waals surface area (Å²) in [6, 6.07) is 0. The molecule has 1 unspecified atom stereocenters. The van der Waals surface area contributed by atoms with Gasteiger partial charge in [0, 0.05) is 13.0 Å². The Morgan fingerprint density at radius 3 is 2.61 bits per heavy atom. The van der Waals surface area contributed by atoms with E-state index in [0.29, 0.717) is 31.7 Å². The molecule has 1 saturated carbocycles. The molecule has 1 fully saturated rings. The molecule has 0 aromatic rings. The van der Waals surface area contributed by atoms with Gasteiger partial charge in [-0.3, -0.25) is 9.59 Å². The first kappa shape index (κ1) is 14.6. The van der Waals surface area contributed by atoms with Gasteiger partial charge in [-0.05, 0) is 31.6 Å². The van der Waals surface area contributed by atoms with Crippen LogP contribution in [0.2, 0.25) is 0 Å². The van der Waals surface area contributed by atoms with Crippen LogP contribution in [0, 0.1) is 30.1 Å². The fraction of sp³-hybridized carbons (Fsp3) is 0.714. The molecule has 1 amide bonds. The van der Waals surface area contributed by atoms with Gasteiger partial charge in [0.2, 0.25) is 5.91 Å². The second-order valence-corrected chi connectivity index (χ2v) is 5.08. The van der Waals surface area contributed by atoms with Crippen LogP contribution in [0.15, 0.2) is 0 Å². The first-order valence-corrected chi connectivity index (χ1v) is 6.50. The normalized spacial score (nSPS) is 26.6. The largest absolute Gasteiger partial charge is 0.481 e. The van der Waals surface area contributed by atoms with Gasteiger partial charge in [0.1, 0.15) is 0 Å². The number of aliphatic carboxylic acids is 1. The molecule has 100 valence electrons. The molecule has 0 spiro atoms. The van der Waals surface area contributed by atoms with Crippen LogP contribution in [0.5, 0.6) is 0 Å². The maximum absolute atomic E-state index is 11.9. The van der Waals surface area contributed by atoms with Crippen molar-refractivity contribution in [3.05, 3.63) is 0 Å². The number of carbonyl (C=O) groups is 2. The molecule has 4 nitrogen and oxygen atoms in total. The number of carboxylic acids is 1. The van der Waals surface area contributed by atoms with E-state index >= 15 is 0 Å². The summed E-state index contributed by atoms with van der Waals surface area (Å²) in [5.41, 5.74) is 0. The van der Waals surface area contributed by atoms with E-state index in [1.165, 1.54) is 0 Å². The summed E-state index contributed by atoms with van der Waals surface area (Å²) < 4.78 is 0. The molecule has 0 aromatic carbocycles. The molecule has 0 aromatic heterocycles. The molecule has 0 heterocycles. The zero-order valence-corrected chi connectivity index (χ0v) is 10.8. The molecule has 3 atom stereocenters. The maximum Gasteiger partial charge on any atom is 0.307 e. The highest BCUT2D eigenvalue weighted by Gasteiger charge is 2.40. The number of carbonyl (C=O) groups excluding carboxylic acids is 1. The average Bonchev–Trinajstić information content (AvgIpc) is 2.71. The van der Waals surface area contributed by atoms with Gasteiger partial charge in [-0.15, -0.1) is 12.3 Å². The van der Waals surface area contributed by atoms with Gasteiger partial charge < -0.3 is 10.4 Å². The summed E-state index contributed by atoms with van der Waals surface area (Å²) in [7, 11) is 0. The van der Waals surface area contributed by atoms with Gasteiger partial charge in [-0.2, -0.15) is 0 Å². The molecule has 0 aliphatic heterocycles. The topological polar surface area (TPSA) is 66.4 Å². The molecule has 2 N–H and O–H groups in total. The number of rotatable bonds is 6. The van der Waals surface area contributed by atoms with Crippen molar-refractivity contribution >= 4 is 11.9 Å². The van der Waals surface area contributed by atoms with E-state index in [4.69, 9.17) is 11.5 Å². The Kier molecular flexibility index (Phi) is 5.70. The lowest BCUT2D eigenvalue weighted by Gasteiger charge is -2.15. The van der Waals surface area contributed by atoms with E-state index < -0.39 is 11.9 Å². The Hall–Kier alpha value is -1.50. The number of hydrogen-bond acceptors (Lipinski definition) is 2. The van der Waals surface area contributed by atoms with Crippen molar-refractivity contribution in [2.75, 3.05) is 6.54 Å². The summed E-state index contributed by atoms with van der Waals surface area (Å²) >= 11 is 0. The number of terminal acetylenes is 1. The van der Waals surface area contributed by atoms with Crippen LogP contribution in [-0.2, 0) is 9.59 Å². The molecule has 4 heteroatoms. The Bertz CT molecular complexity index is 345. The number of nitrogens with one attached hydrogen (secondary N) is 1. The van der Waals surface area contributed by atoms with Crippen molar-refractivity contribution in [2.24, 2.45) is 17.8 Å². The highest BCUT2D eigenvalue weighted by Crippen LogP contribution is 2.36. The molecule has 0 saturated heterocycles. The zero-order chi connectivity index (χ0) is 13.5. The number of unbranched alkanes of at least 4 members (excludes halogenated alkanes) is 2. The van der Waals surface area contributed by atoms with Crippen molar-refractivity contribution in [1.29, 1.82) is 0 Å². The summed E-state index contributed by atoms with van der Waals surface area (Å²) in [5, 5.41) is 11.9. The van der Waals surface area contributed by atoms with Crippen LogP contribution in [0.4, 0.5) is 0 Å². The smallest absolute Gasteiger partial charge is 0.307 e. The van der Waals surface area contributed by atoms with Crippen LogP contribution >= 0.6 is 0 Å². The van der Waals surface area contributed by atoms with Crippen LogP contribution in [-0.4, -0.2) is 23.5 Å². The lowest BCUT2D eigenvalue weighted by molar-refractivity contribution is -0.146. The van der Waals surface area contributed by atoms with Crippen LogP contribution < -0.4 is 5.32 Å². The van der Waals surface area contributed by atoms with E-state index in [-0.39, 0.29) is 11.8 Å². The minimum atomic E-state index is -0.855. The van der Waals surface area contributed by atoms with Gasteiger partial charge in [0.25, 0.3) is 0 Å². The van der Waals surface area contributed by atoms with Gasteiger partial charge in [-0.1, -0.05) is 6.92 Å². The maximum atomic E-state index is 11.9. The van der Waals surface area contributed by atoms with Gasteiger partial charge >= 0.3 is 5.97 Å².